The van der Waals surface area contributed by atoms with Gasteiger partial charge in [-0.2, -0.15) is 0 Å². The first-order chi connectivity index (χ1) is 12.1. The van der Waals surface area contributed by atoms with Crippen LogP contribution in [0.25, 0.3) is 16.9 Å². The summed E-state index contributed by atoms with van der Waals surface area (Å²) in [5, 5.41) is 0. The molecular formula is C21H26N4. The fourth-order valence-corrected chi connectivity index (χ4v) is 4.07. The van der Waals surface area contributed by atoms with Gasteiger partial charge in [0, 0.05) is 36.1 Å². The third kappa shape index (κ3) is 3.02. The monoisotopic (exact) mass is 334 g/mol. The number of anilines is 1. The van der Waals surface area contributed by atoms with Gasteiger partial charge in [0.15, 0.2) is 0 Å². The minimum absolute atomic E-state index is 0.603. The van der Waals surface area contributed by atoms with Crippen molar-refractivity contribution in [3.05, 3.63) is 54.4 Å². The number of nitrogens with zero attached hydrogens (tertiary/aromatic N) is 3. The number of piperidine rings is 1. The van der Waals surface area contributed by atoms with Gasteiger partial charge >= 0.3 is 0 Å². The van der Waals surface area contributed by atoms with E-state index in [0.717, 1.165) is 29.1 Å². The average molecular weight is 334 g/mol. The second-order valence-corrected chi connectivity index (χ2v) is 7.26. The minimum atomic E-state index is 0.603. The predicted molar refractivity (Wildman–Crippen MR) is 103 cm³/mol. The molecule has 0 amide bonds. The summed E-state index contributed by atoms with van der Waals surface area (Å²) in [5.74, 6) is 0. The van der Waals surface area contributed by atoms with Crippen LogP contribution >= 0.6 is 0 Å². The molecule has 0 spiro atoms. The number of nitrogen functional groups attached to an aromatic ring is 1. The van der Waals surface area contributed by atoms with Crippen molar-refractivity contribution in [1.82, 2.24) is 14.3 Å². The molecule has 25 heavy (non-hydrogen) atoms. The normalized spacial score (nSPS) is 21.7. The first-order valence-electron chi connectivity index (χ1n) is 9.21. The molecule has 2 aromatic heterocycles. The molecule has 0 radical (unpaired) electrons. The van der Waals surface area contributed by atoms with E-state index in [1.54, 1.807) is 0 Å². The summed E-state index contributed by atoms with van der Waals surface area (Å²) in [6.07, 6.45) is 5.99. The van der Waals surface area contributed by atoms with Crippen LogP contribution in [-0.2, 0) is 6.54 Å². The highest BCUT2D eigenvalue weighted by Crippen LogP contribution is 2.30. The van der Waals surface area contributed by atoms with Crippen LogP contribution in [0.2, 0.25) is 0 Å². The number of likely N-dealkylation sites (tertiary alicyclic amines) is 1. The minimum Gasteiger partial charge on any atom is -0.399 e. The van der Waals surface area contributed by atoms with Crippen LogP contribution in [-0.4, -0.2) is 26.4 Å². The van der Waals surface area contributed by atoms with E-state index in [1.807, 2.05) is 24.3 Å². The number of rotatable bonds is 3. The molecule has 130 valence electrons. The number of hydrogen-bond donors (Lipinski definition) is 1. The number of pyridine rings is 1. The number of imidazole rings is 1. The van der Waals surface area contributed by atoms with E-state index in [-0.39, 0.29) is 0 Å². The van der Waals surface area contributed by atoms with Gasteiger partial charge in [0.2, 0.25) is 0 Å². The third-order valence-corrected chi connectivity index (χ3v) is 5.50. The first kappa shape index (κ1) is 16.2. The van der Waals surface area contributed by atoms with Crippen LogP contribution in [0.4, 0.5) is 5.69 Å². The molecule has 0 bridgehead atoms. The van der Waals surface area contributed by atoms with Crippen LogP contribution in [0.1, 0.15) is 38.8 Å². The standard InChI is InChI=1S/C21H26N4/c1-15-7-5-8-16(2)25(15)14-19-21(17-9-6-10-18(22)13-17)23-20-11-3-4-12-24(19)20/h3-4,6,9-13,15-16H,5,7-8,14,22H2,1-2H3. The molecule has 2 N–H and O–H groups in total. The van der Waals surface area contributed by atoms with Crippen LogP contribution in [0, 0.1) is 0 Å². The lowest BCUT2D eigenvalue weighted by Gasteiger charge is -2.39. The number of aromatic nitrogens is 2. The summed E-state index contributed by atoms with van der Waals surface area (Å²) in [6, 6.07) is 15.4. The zero-order chi connectivity index (χ0) is 17.4. The van der Waals surface area contributed by atoms with Crippen molar-refractivity contribution in [2.24, 2.45) is 0 Å². The molecule has 0 saturated carbocycles. The third-order valence-electron chi connectivity index (χ3n) is 5.50. The summed E-state index contributed by atoms with van der Waals surface area (Å²) >= 11 is 0. The molecule has 3 heterocycles. The molecular weight excluding hydrogens is 308 g/mol. The second-order valence-electron chi connectivity index (χ2n) is 7.26. The smallest absolute Gasteiger partial charge is 0.137 e. The summed E-state index contributed by atoms with van der Waals surface area (Å²) in [6.45, 7) is 5.61. The molecule has 4 rings (SSSR count). The van der Waals surface area contributed by atoms with Gasteiger partial charge in [0.05, 0.1) is 11.4 Å². The summed E-state index contributed by atoms with van der Waals surface area (Å²) in [5.41, 5.74) is 11.2. The summed E-state index contributed by atoms with van der Waals surface area (Å²) < 4.78 is 2.23. The van der Waals surface area contributed by atoms with Gasteiger partial charge < -0.3 is 10.1 Å². The predicted octanol–water partition coefficient (Wildman–Crippen LogP) is 4.35. The van der Waals surface area contributed by atoms with Gasteiger partial charge in [-0.15, -0.1) is 0 Å². The maximum atomic E-state index is 6.02. The molecule has 4 nitrogen and oxygen atoms in total. The number of benzene rings is 1. The van der Waals surface area contributed by atoms with Gasteiger partial charge in [-0.25, -0.2) is 4.98 Å². The highest BCUT2D eigenvalue weighted by molar-refractivity contribution is 5.69. The zero-order valence-corrected chi connectivity index (χ0v) is 15.0. The zero-order valence-electron chi connectivity index (χ0n) is 15.0. The molecule has 2 atom stereocenters. The van der Waals surface area contributed by atoms with Crippen molar-refractivity contribution in [3.8, 4) is 11.3 Å². The maximum Gasteiger partial charge on any atom is 0.137 e. The second kappa shape index (κ2) is 6.52. The highest BCUT2D eigenvalue weighted by Gasteiger charge is 2.27. The fraction of sp³-hybridized carbons (Fsp3) is 0.381. The fourth-order valence-electron chi connectivity index (χ4n) is 4.07. The molecule has 1 aromatic carbocycles. The van der Waals surface area contributed by atoms with Crippen molar-refractivity contribution in [2.45, 2.75) is 51.7 Å². The van der Waals surface area contributed by atoms with Crippen molar-refractivity contribution in [1.29, 1.82) is 0 Å². The lowest BCUT2D eigenvalue weighted by atomic mass is 9.97. The largest absolute Gasteiger partial charge is 0.399 e. The number of nitrogens with two attached hydrogens (primary N) is 1. The Morgan fingerprint density at radius 3 is 2.64 bits per heavy atom. The SMILES string of the molecule is CC1CCCC(C)N1Cc1c(-c2cccc(N)c2)nc2ccccn12. The number of hydrogen-bond acceptors (Lipinski definition) is 3. The Morgan fingerprint density at radius 1 is 1.08 bits per heavy atom. The Kier molecular flexibility index (Phi) is 4.22. The Morgan fingerprint density at radius 2 is 1.88 bits per heavy atom. The molecule has 4 heteroatoms. The van der Waals surface area contributed by atoms with E-state index in [2.05, 4.69) is 47.5 Å². The van der Waals surface area contributed by atoms with Gasteiger partial charge in [-0.3, -0.25) is 4.90 Å². The molecule has 1 fully saturated rings. The van der Waals surface area contributed by atoms with Crippen LogP contribution in [0.3, 0.4) is 0 Å². The van der Waals surface area contributed by atoms with E-state index in [4.69, 9.17) is 10.7 Å². The molecule has 1 saturated heterocycles. The van der Waals surface area contributed by atoms with E-state index < -0.39 is 0 Å². The van der Waals surface area contributed by atoms with Crippen molar-refractivity contribution < 1.29 is 0 Å². The summed E-state index contributed by atoms with van der Waals surface area (Å²) in [4.78, 5) is 7.54. The molecule has 1 aliphatic heterocycles. The highest BCUT2D eigenvalue weighted by atomic mass is 15.2. The van der Waals surface area contributed by atoms with Crippen molar-refractivity contribution >= 4 is 11.3 Å². The van der Waals surface area contributed by atoms with Gasteiger partial charge in [-0.1, -0.05) is 24.6 Å². The summed E-state index contributed by atoms with van der Waals surface area (Å²) in [7, 11) is 0. The molecule has 2 unspecified atom stereocenters. The van der Waals surface area contributed by atoms with Gasteiger partial charge in [0.25, 0.3) is 0 Å². The molecule has 0 aliphatic carbocycles. The Bertz CT molecular complexity index is 872. The quantitative estimate of drug-likeness (QED) is 0.725. The first-order valence-corrected chi connectivity index (χ1v) is 9.21. The van der Waals surface area contributed by atoms with Crippen LogP contribution in [0.15, 0.2) is 48.7 Å². The van der Waals surface area contributed by atoms with Crippen molar-refractivity contribution in [3.63, 3.8) is 0 Å². The topological polar surface area (TPSA) is 46.6 Å². The van der Waals surface area contributed by atoms with Crippen LogP contribution < -0.4 is 5.73 Å². The Labute approximate surface area is 149 Å². The lowest BCUT2D eigenvalue weighted by molar-refractivity contribution is 0.0937. The Hall–Kier alpha value is -2.33. The van der Waals surface area contributed by atoms with Crippen molar-refractivity contribution in [2.75, 3.05) is 5.73 Å². The number of fused-ring (bicyclic) bond motifs is 1. The van der Waals surface area contributed by atoms with Gasteiger partial charge in [-0.05, 0) is 51.0 Å². The lowest BCUT2D eigenvalue weighted by Crippen LogP contribution is -2.43. The van der Waals surface area contributed by atoms with Gasteiger partial charge in [0.1, 0.15) is 5.65 Å². The van der Waals surface area contributed by atoms with Crippen LogP contribution in [0.5, 0.6) is 0 Å². The maximum absolute atomic E-state index is 6.02. The Balaban J connectivity index is 1.82. The van der Waals surface area contributed by atoms with E-state index in [0.29, 0.717) is 12.1 Å². The average Bonchev–Trinajstić information content (AvgIpc) is 2.97. The molecule has 1 aliphatic rings. The van der Waals surface area contributed by atoms with E-state index >= 15 is 0 Å². The molecule has 3 aromatic rings. The van der Waals surface area contributed by atoms with E-state index in [1.165, 1.54) is 25.0 Å². The van der Waals surface area contributed by atoms with E-state index in [9.17, 15) is 0 Å².